The number of aromatic amines is 1. The molecule has 0 atom stereocenters. The predicted octanol–water partition coefficient (Wildman–Crippen LogP) is 4.65. The van der Waals surface area contributed by atoms with Crippen molar-refractivity contribution in [2.45, 2.75) is 6.54 Å². The molecule has 10 heteroatoms. The number of amides is 1. The molecular formula is C26H20N6O3S. The molecule has 6 aromatic rings. The molecule has 36 heavy (non-hydrogen) atoms. The van der Waals surface area contributed by atoms with Gasteiger partial charge >= 0.3 is 0 Å². The number of hydrogen-bond donors (Lipinski definition) is 3. The molecule has 0 aliphatic heterocycles. The van der Waals surface area contributed by atoms with Gasteiger partial charge in [-0.2, -0.15) is 0 Å². The molecule has 6 rings (SSSR count). The summed E-state index contributed by atoms with van der Waals surface area (Å²) in [5, 5.41) is 15.4. The molecule has 0 aliphatic carbocycles. The van der Waals surface area contributed by atoms with Gasteiger partial charge in [-0.1, -0.05) is 6.07 Å². The Morgan fingerprint density at radius 2 is 2.08 bits per heavy atom. The van der Waals surface area contributed by atoms with E-state index in [9.17, 15) is 9.90 Å². The Bertz CT molecular complexity index is 1710. The Labute approximate surface area is 209 Å². The number of hydrogen-bond acceptors (Lipinski definition) is 7. The number of methoxy groups -OCH3 is 1. The lowest BCUT2D eigenvalue weighted by atomic mass is 10.0. The first kappa shape index (κ1) is 21.8. The van der Waals surface area contributed by atoms with Gasteiger partial charge in [0.2, 0.25) is 5.88 Å². The van der Waals surface area contributed by atoms with Crippen molar-refractivity contribution in [3.8, 4) is 34.1 Å². The summed E-state index contributed by atoms with van der Waals surface area (Å²) in [4.78, 5) is 30.3. The Balaban J connectivity index is 1.27. The van der Waals surface area contributed by atoms with Crippen molar-refractivity contribution < 1.29 is 14.6 Å². The zero-order valence-electron chi connectivity index (χ0n) is 19.1. The van der Waals surface area contributed by atoms with E-state index in [1.165, 1.54) is 0 Å². The molecule has 4 aromatic heterocycles. The highest BCUT2D eigenvalue weighted by Gasteiger charge is 2.15. The summed E-state index contributed by atoms with van der Waals surface area (Å²) in [6.45, 7) is 0.331. The van der Waals surface area contributed by atoms with Crippen molar-refractivity contribution in [2.24, 2.45) is 0 Å². The first-order valence-corrected chi connectivity index (χ1v) is 12.0. The second kappa shape index (κ2) is 8.82. The number of thiazole rings is 1. The number of pyridine rings is 1. The largest absolute Gasteiger partial charge is 0.507 e. The molecule has 0 bridgehead atoms. The molecule has 178 valence electrons. The number of carbonyl (C=O) groups excluding carboxylic acids is 1. The van der Waals surface area contributed by atoms with Gasteiger partial charge in [0.15, 0.2) is 4.96 Å². The van der Waals surface area contributed by atoms with Crippen LogP contribution in [0, 0.1) is 0 Å². The minimum Gasteiger partial charge on any atom is -0.507 e. The van der Waals surface area contributed by atoms with Crippen LogP contribution in [-0.4, -0.2) is 42.5 Å². The summed E-state index contributed by atoms with van der Waals surface area (Å²) in [6.07, 6.45) is 5.50. The fraction of sp³-hybridized carbons (Fsp3) is 0.0769. The Kier molecular flexibility index (Phi) is 5.34. The second-order valence-corrected chi connectivity index (χ2v) is 8.99. The fourth-order valence-electron chi connectivity index (χ4n) is 4.08. The lowest BCUT2D eigenvalue weighted by Crippen LogP contribution is -2.22. The van der Waals surface area contributed by atoms with Crippen molar-refractivity contribution in [3.63, 3.8) is 0 Å². The van der Waals surface area contributed by atoms with E-state index < -0.39 is 0 Å². The minimum absolute atomic E-state index is 0.0820. The number of aromatic hydroxyl groups is 1. The quantitative estimate of drug-likeness (QED) is 0.309. The van der Waals surface area contributed by atoms with E-state index >= 15 is 0 Å². The first-order chi connectivity index (χ1) is 17.6. The van der Waals surface area contributed by atoms with E-state index in [1.54, 1.807) is 55.0 Å². The van der Waals surface area contributed by atoms with Crippen LogP contribution >= 0.6 is 11.3 Å². The van der Waals surface area contributed by atoms with Gasteiger partial charge in [-0.15, -0.1) is 11.3 Å². The molecule has 9 nitrogen and oxygen atoms in total. The lowest BCUT2D eigenvalue weighted by molar-refractivity contribution is 0.0950. The molecule has 2 aromatic carbocycles. The number of ether oxygens (including phenoxy) is 1. The zero-order chi connectivity index (χ0) is 24.6. The fourth-order valence-corrected chi connectivity index (χ4v) is 4.80. The average Bonchev–Trinajstić information content (AvgIpc) is 3.62. The topological polar surface area (TPSA) is 117 Å². The van der Waals surface area contributed by atoms with E-state index in [0.29, 0.717) is 40.4 Å². The van der Waals surface area contributed by atoms with Crippen LogP contribution in [0.2, 0.25) is 0 Å². The summed E-state index contributed by atoms with van der Waals surface area (Å²) in [6, 6.07) is 14.2. The van der Waals surface area contributed by atoms with Crippen molar-refractivity contribution in [3.05, 3.63) is 83.8 Å². The Hall–Kier alpha value is -4.70. The molecule has 0 saturated heterocycles. The predicted molar refractivity (Wildman–Crippen MR) is 137 cm³/mol. The maximum atomic E-state index is 12.8. The van der Waals surface area contributed by atoms with Crippen LogP contribution in [0.4, 0.5) is 0 Å². The van der Waals surface area contributed by atoms with Crippen LogP contribution in [0.15, 0.2) is 72.5 Å². The van der Waals surface area contributed by atoms with Gasteiger partial charge in [-0.05, 0) is 48.0 Å². The van der Waals surface area contributed by atoms with Gasteiger partial charge in [0.05, 0.1) is 35.9 Å². The highest BCUT2D eigenvalue weighted by atomic mass is 32.1. The van der Waals surface area contributed by atoms with Crippen molar-refractivity contribution in [2.75, 3.05) is 7.11 Å². The molecule has 0 fully saturated rings. The number of fused-ring (bicyclic) bond motifs is 2. The van der Waals surface area contributed by atoms with Gasteiger partial charge in [0, 0.05) is 35.1 Å². The monoisotopic (exact) mass is 496 g/mol. The third kappa shape index (κ3) is 3.93. The smallest absolute Gasteiger partial charge is 0.251 e. The molecule has 0 spiro atoms. The summed E-state index contributed by atoms with van der Waals surface area (Å²) < 4.78 is 7.31. The van der Waals surface area contributed by atoms with Crippen molar-refractivity contribution >= 4 is 33.2 Å². The maximum absolute atomic E-state index is 12.8. The number of phenols is 1. The molecular weight excluding hydrogens is 476 g/mol. The maximum Gasteiger partial charge on any atom is 0.251 e. The summed E-state index contributed by atoms with van der Waals surface area (Å²) in [5.41, 5.74) is 4.81. The van der Waals surface area contributed by atoms with Crippen LogP contribution in [0.3, 0.4) is 0 Å². The zero-order valence-corrected chi connectivity index (χ0v) is 19.9. The number of carbonyl (C=O) groups is 1. The molecule has 0 saturated carbocycles. The number of H-pyrrole nitrogens is 1. The van der Waals surface area contributed by atoms with Crippen LogP contribution < -0.4 is 10.1 Å². The van der Waals surface area contributed by atoms with Crippen LogP contribution in [-0.2, 0) is 6.54 Å². The Morgan fingerprint density at radius 3 is 2.94 bits per heavy atom. The van der Waals surface area contributed by atoms with Crippen LogP contribution in [0.5, 0.6) is 11.6 Å². The number of nitrogens with zero attached hydrogens (tertiary/aromatic N) is 4. The van der Waals surface area contributed by atoms with Crippen LogP contribution in [0.25, 0.3) is 38.5 Å². The Morgan fingerprint density at radius 1 is 1.17 bits per heavy atom. The van der Waals surface area contributed by atoms with E-state index in [-0.39, 0.29) is 11.7 Å². The van der Waals surface area contributed by atoms with E-state index in [4.69, 9.17) is 4.74 Å². The van der Waals surface area contributed by atoms with Gasteiger partial charge < -0.3 is 20.1 Å². The number of benzene rings is 2. The first-order valence-electron chi connectivity index (χ1n) is 11.1. The third-order valence-corrected chi connectivity index (χ3v) is 6.62. The number of rotatable bonds is 6. The second-order valence-electron chi connectivity index (χ2n) is 8.12. The minimum atomic E-state index is -0.210. The summed E-state index contributed by atoms with van der Waals surface area (Å²) in [5.74, 6) is 0.851. The lowest BCUT2D eigenvalue weighted by Gasteiger charge is -2.09. The number of nitrogens with one attached hydrogen (secondary N) is 2. The average molecular weight is 497 g/mol. The van der Waals surface area contributed by atoms with E-state index in [0.717, 1.165) is 21.8 Å². The summed E-state index contributed by atoms with van der Waals surface area (Å²) >= 11 is 1.54. The van der Waals surface area contributed by atoms with Gasteiger partial charge in [0.1, 0.15) is 11.6 Å². The van der Waals surface area contributed by atoms with E-state index in [2.05, 4.69) is 25.3 Å². The number of phenolic OH excluding ortho intramolecular Hbond substituents is 1. The molecule has 1 amide bonds. The summed E-state index contributed by atoms with van der Waals surface area (Å²) in [7, 11) is 1.57. The highest BCUT2D eigenvalue weighted by molar-refractivity contribution is 7.15. The number of imidazole rings is 2. The molecule has 0 radical (unpaired) electrons. The van der Waals surface area contributed by atoms with Crippen molar-refractivity contribution in [1.29, 1.82) is 0 Å². The van der Waals surface area contributed by atoms with Gasteiger partial charge in [0.25, 0.3) is 5.91 Å². The van der Waals surface area contributed by atoms with Crippen LogP contribution in [0.1, 0.15) is 16.1 Å². The molecule has 3 N–H and O–H groups in total. The van der Waals surface area contributed by atoms with Gasteiger partial charge in [-0.25, -0.2) is 15.0 Å². The van der Waals surface area contributed by atoms with Crippen molar-refractivity contribution in [1.82, 2.24) is 29.7 Å². The third-order valence-electron chi connectivity index (χ3n) is 5.84. The normalized spacial score (nSPS) is 11.2. The SMILES string of the molecule is COc1ncccc1-c1ccc(O)c(-c2nc3ccc(C(=O)NCc4cn5ccsc5n4)cc3[nH]2)c1. The highest BCUT2D eigenvalue weighted by Crippen LogP contribution is 2.35. The molecule has 0 unspecified atom stereocenters. The van der Waals surface area contributed by atoms with Gasteiger partial charge in [-0.3, -0.25) is 9.20 Å². The van der Waals surface area contributed by atoms with E-state index in [1.807, 2.05) is 40.4 Å². The number of aromatic nitrogens is 5. The standard InChI is InChI=1S/C26H20N6O3S/c1-35-25-18(3-2-8-27-25)15-5-7-22(33)19(11-15)23-30-20-6-4-16(12-21(20)31-23)24(34)28-13-17-14-32-9-10-36-26(32)29-17/h2-12,14,33H,13H2,1H3,(H,28,34)(H,30,31). The molecule has 0 aliphatic rings. The molecule has 4 heterocycles.